The Bertz CT molecular complexity index is 2140. The van der Waals surface area contributed by atoms with Gasteiger partial charge in [-0.2, -0.15) is 0 Å². The molecule has 2 heterocycles. The molecule has 4 atom stereocenters. The molecule has 0 bridgehead atoms. The fourth-order valence-electron chi connectivity index (χ4n) is 9.18. The van der Waals surface area contributed by atoms with Gasteiger partial charge in [-0.15, -0.1) is 0 Å². The lowest BCUT2D eigenvalue weighted by molar-refractivity contribution is -0.0805. The normalized spacial score (nSPS) is 22.5. The highest BCUT2D eigenvalue weighted by Crippen LogP contribution is 2.51. The Morgan fingerprint density at radius 3 is 0.912 bits per heavy atom. The molecule has 0 N–H and O–H groups in total. The topological polar surface area (TPSA) is 73.8 Å². The summed E-state index contributed by atoms with van der Waals surface area (Å²) >= 11 is 7.26. The van der Waals surface area contributed by atoms with Gasteiger partial charge in [0.1, 0.15) is 24.4 Å². The van der Waals surface area contributed by atoms with Gasteiger partial charge in [0.25, 0.3) is 0 Å². The van der Waals surface area contributed by atoms with Crippen molar-refractivity contribution in [3.05, 3.63) is 104 Å². The van der Waals surface area contributed by atoms with Gasteiger partial charge in [-0.1, -0.05) is 134 Å². The Kier molecular flexibility index (Phi) is 17.8. The van der Waals surface area contributed by atoms with E-state index in [4.69, 9.17) is 37.6 Å². The first-order chi connectivity index (χ1) is 32.4. The lowest BCUT2D eigenvalue weighted by atomic mass is 9.71. The second-order valence-corrected chi connectivity index (χ2v) is 22.7. The van der Waals surface area contributed by atoms with Crippen molar-refractivity contribution in [2.45, 2.75) is 181 Å². The van der Waals surface area contributed by atoms with Crippen LogP contribution in [0.2, 0.25) is 0 Å². The highest BCUT2D eigenvalue weighted by atomic mass is 79.9. The number of hydrogen-bond donors (Lipinski definition) is 0. The highest BCUT2D eigenvalue weighted by Gasteiger charge is 2.53. The fourth-order valence-corrected chi connectivity index (χ4v) is 9.94. The summed E-state index contributed by atoms with van der Waals surface area (Å²) in [6.07, 6.45) is 7.83. The molecule has 4 aliphatic rings. The first-order valence-corrected chi connectivity index (χ1v) is 27.0. The molecule has 0 spiro atoms. The van der Waals surface area contributed by atoms with Crippen molar-refractivity contribution in [2.24, 2.45) is 0 Å². The molecule has 2 aliphatic carbocycles. The van der Waals surface area contributed by atoms with Crippen molar-refractivity contribution in [3.63, 3.8) is 0 Å². The number of unbranched alkanes of at least 4 members (excludes halogenated alkanes) is 4. The van der Waals surface area contributed by atoms with Crippen LogP contribution in [0.5, 0.6) is 0 Å². The van der Waals surface area contributed by atoms with Gasteiger partial charge in [-0.3, -0.25) is 0 Å². The molecule has 0 saturated carbocycles. The Morgan fingerprint density at radius 1 is 0.397 bits per heavy atom. The zero-order valence-electron chi connectivity index (χ0n) is 42.9. The molecule has 2 fully saturated rings. The van der Waals surface area contributed by atoms with Gasteiger partial charge in [0.05, 0.1) is 22.4 Å². The molecule has 4 unspecified atom stereocenters. The van der Waals surface area contributed by atoms with E-state index >= 15 is 0 Å². The summed E-state index contributed by atoms with van der Waals surface area (Å²) in [4.78, 5) is 0. The third-order valence-corrected chi connectivity index (χ3v) is 15.8. The Balaban J connectivity index is 0.000000225. The summed E-state index contributed by atoms with van der Waals surface area (Å²) in [6, 6.07) is 26.0. The van der Waals surface area contributed by atoms with Crippen LogP contribution in [-0.2, 0) is 37.6 Å². The molecule has 2 saturated heterocycles. The molecular weight excluding hydrogens is 982 g/mol. The van der Waals surface area contributed by atoms with E-state index in [1.807, 2.05) is 0 Å². The maximum Gasteiger partial charge on any atom is 0.494 e. The van der Waals surface area contributed by atoms with Crippen LogP contribution in [-0.4, -0.2) is 63.1 Å². The van der Waals surface area contributed by atoms with Crippen molar-refractivity contribution >= 4 is 57.0 Å². The molecule has 12 heteroatoms. The Hall–Kier alpha value is -2.35. The maximum absolute atomic E-state index is 6.71. The third kappa shape index (κ3) is 11.5. The molecular formula is C56H76B2Br2O8. The van der Waals surface area contributed by atoms with Crippen LogP contribution < -0.4 is 10.9 Å². The SMILES string of the molecule is CCCCOC1c2cc(B3OC(C)(C)C(C)(C)O3)ccc2-c2ccc(B3OC(C)(C)C(C)(C)O3)cc2C1OCCCC.CCCCOC1c2cc(Br)ccc2-c2ccc(Br)cc2C1OCCCC. The van der Waals surface area contributed by atoms with Crippen molar-refractivity contribution in [1.82, 2.24) is 0 Å². The first kappa shape index (κ1) is 53.4. The quantitative estimate of drug-likeness (QED) is 0.0721. The Labute approximate surface area is 426 Å². The number of fused-ring (bicyclic) bond motifs is 6. The van der Waals surface area contributed by atoms with Crippen LogP contribution in [0.1, 0.15) is 181 Å². The van der Waals surface area contributed by atoms with Gasteiger partial charge in [0.2, 0.25) is 0 Å². The number of rotatable bonds is 18. The Morgan fingerprint density at radius 2 is 0.647 bits per heavy atom. The summed E-state index contributed by atoms with van der Waals surface area (Å²) in [5, 5.41) is 0. The highest BCUT2D eigenvalue weighted by molar-refractivity contribution is 9.10. The lowest BCUT2D eigenvalue weighted by Gasteiger charge is -2.36. The molecule has 0 radical (unpaired) electrons. The molecule has 0 amide bonds. The van der Waals surface area contributed by atoms with Crippen molar-refractivity contribution in [1.29, 1.82) is 0 Å². The fraction of sp³-hybridized carbons (Fsp3) is 0.571. The van der Waals surface area contributed by atoms with Crippen molar-refractivity contribution in [3.8, 4) is 22.3 Å². The lowest BCUT2D eigenvalue weighted by Crippen LogP contribution is -2.41. The van der Waals surface area contributed by atoms with Crippen molar-refractivity contribution in [2.75, 3.05) is 26.4 Å². The van der Waals surface area contributed by atoms with Crippen LogP contribution in [0.3, 0.4) is 0 Å². The standard InChI is InChI=1S/C34H50B2O6.C22H26Br2O2/c1-11-13-19-37-29-27-21-23(35-39-31(3,4)32(5,6)40-35)15-17-25(27)26-18-16-24(22-28(26)30(29)38-20-14-12-2)36-41-33(7,8)34(9,10)42-36;1-3-5-11-25-21-19-13-15(23)7-9-17(19)18-10-8-16(24)14-20(18)22(21)26-12-6-4-2/h15-18,21-22,29-30H,11-14,19-20H2,1-10H3;7-10,13-14,21-22H,3-6,11-12H2,1-2H3. The molecule has 368 valence electrons. The average molecular weight is 1060 g/mol. The van der Waals surface area contributed by atoms with Gasteiger partial charge in [-0.05, 0) is 161 Å². The van der Waals surface area contributed by atoms with Gasteiger partial charge < -0.3 is 37.6 Å². The molecule has 4 aromatic rings. The van der Waals surface area contributed by atoms with Crippen LogP contribution >= 0.6 is 31.9 Å². The van der Waals surface area contributed by atoms with Crippen molar-refractivity contribution < 1.29 is 37.6 Å². The zero-order valence-corrected chi connectivity index (χ0v) is 46.1. The van der Waals surface area contributed by atoms with Crippen LogP contribution in [0.4, 0.5) is 0 Å². The summed E-state index contributed by atoms with van der Waals surface area (Å²) in [5.74, 6) is 0. The molecule has 68 heavy (non-hydrogen) atoms. The number of hydrogen-bond acceptors (Lipinski definition) is 8. The van der Waals surface area contributed by atoms with E-state index in [0.717, 1.165) is 107 Å². The molecule has 2 aliphatic heterocycles. The summed E-state index contributed by atoms with van der Waals surface area (Å²) in [6.45, 7) is 28.3. The second kappa shape index (κ2) is 22.6. The number of halogens is 2. The second-order valence-electron chi connectivity index (χ2n) is 20.9. The van der Waals surface area contributed by atoms with E-state index < -0.39 is 36.6 Å². The van der Waals surface area contributed by atoms with E-state index in [1.165, 1.54) is 22.3 Å². The van der Waals surface area contributed by atoms with Gasteiger partial charge in [0.15, 0.2) is 0 Å². The van der Waals surface area contributed by atoms with E-state index in [0.29, 0.717) is 13.2 Å². The summed E-state index contributed by atoms with van der Waals surface area (Å²) in [5.41, 5.74) is 9.83. The first-order valence-electron chi connectivity index (χ1n) is 25.4. The third-order valence-electron chi connectivity index (χ3n) is 14.8. The number of ether oxygens (including phenoxy) is 4. The predicted molar refractivity (Wildman–Crippen MR) is 285 cm³/mol. The smallest absolute Gasteiger partial charge is 0.399 e. The minimum Gasteiger partial charge on any atom is -0.399 e. The van der Waals surface area contributed by atoms with Crippen LogP contribution in [0.25, 0.3) is 22.3 Å². The minimum absolute atomic E-state index is 0.0762. The van der Waals surface area contributed by atoms with E-state index in [2.05, 4.69) is 188 Å². The molecule has 8 rings (SSSR count). The van der Waals surface area contributed by atoms with E-state index in [1.54, 1.807) is 0 Å². The number of benzene rings is 4. The minimum atomic E-state index is -0.441. The van der Waals surface area contributed by atoms with Gasteiger partial charge in [0, 0.05) is 35.4 Å². The van der Waals surface area contributed by atoms with Crippen LogP contribution in [0.15, 0.2) is 81.7 Å². The molecule has 0 aromatic heterocycles. The average Bonchev–Trinajstić information content (AvgIpc) is 3.66. The maximum atomic E-state index is 6.71. The molecule has 4 aromatic carbocycles. The predicted octanol–water partition coefficient (Wildman–Crippen LogP) is 14.3. The summed E-state index contributed by atoms with van der Waals surface area (Å²) < 4.78 is 54.1. The molecule has 8 nitrogen and oxygen atoms in total. The summed E-state index contributed by atoms with van der Waals surface area (Å²) in [7, 11) is -0.883. The zero-order chi connectivity index (χ0) is 49.0. The van der Waals surface area contributed by atoms with Gasteiger partial charge >= 0.3 is 14.2 Å². The largest absolute Gasteiger partial charge is 0.494 e. The monoisotopic (exact) mass is 1060 g/mol. The van der Waals surface area contributed by atoms with E-state index in [-0.39, 0.29) is 24.4 Å². The van der Waals surface area contributed by atoms with Crippen LogP contribution in [0, 0.1) is 0 Å². The van der Waals surface area contributed by atoms with E-state index in [9.17, 15) is 0 Å². The van der Waals surface area contributed by atoms with Gasteiger partial charge in [-0.25, -0.2) is 0 Å².